The number of unbranched alkanes of at least 4 members (excludes halogenated alkanes) is 9. The number of carbonyl (C=O) groups excluding carboxylic acids is 1. The highest BCUT2D eigenvalue weighted by Crippen LogP contribution is 2.17. The van der Waals surface area contributed by atoms with Crippen molar-refractivity contribution >= 4 is 5.91 Å². The van der Waals surface area contributed by atoms with E-state index in [1.54, 1.807) is 0 Å². The summed E-state index contributed by atoms with van der Waals surface area (Å²) in [6.45, 7) is 7.44. The van der Waals surface area contributed by atoms with Crippen molar-refractivity contribution < 1.29 is 14.3 Å². The van der Waals surface area contributed by atoms with Crippen LogP contribution in [0.3, 0.4) is 0 Å². The second-order valence-electron chi connectivity index (χ2n) is 7.68. The number of nitrogens with one attached hydrogen (secondary N) is 1. The van der Waals surface area contributed by atoms with Gasteiger partial charge in [0.05, 0.1) is 19.3 Å². The van der Waals surface area contributed by atoms with Crippen molar-refractivity contribution in [3.8, 4) is 5.75 Å². The van der Waals surface area contributed by atoms with Gasteiger partial charge in [-0.2, -0.15) is 0 Å². The van der Waals surface area contributed by atoms with E-state index in [1.165, 1.54) is 57.8 Å². The Labute approximate surface area is 170 Å². The molecule has 1 aliphatic rings. The van der Waals surface area contributed by atoms with E-state index in [4.69, 9.17) is 9.47 Å². The third kappa shape index (κ3) is 8.37. The topological polar surface area (TPSA) is 47.6 Å². The second kappa shape index (κ2) is 13.2. The van der Waals surface area contributed by atoms with Gasteiger partial charge in [0.2, 0.25) is 0 Å². The summed E-state index contributed by atoms with van der Waals surface area (Å²) in [7, 11) is 0. The summed E-state index contributed by atoms with van der Waals surface area (Å²) in [5, 5.41) is 2.95. The van der Waals surface area contributed by atoms with Crippen LogP contribution in [0.25, 0.3) is 0 Å². The third-order valence-electron chi connectivity index (χ3n) is 5.27. The first-order valence-corrected chi connectivity index (χ1v) is 11.1. The Balaban J connectivity index is 1.53. The van der Waals surface area contributed by atoms with Crippen molar-refractivity contribution in [1.82, 2.24) is 5.32 Å². The molecule has 1 fully saturated rings. The van der Waals surface area contributed by atoms with Crippen LogP contribution in [-0.4, -0.2) is 25.2 Å². The van der Waals surface area contributed by atoms with Gasteiger partial charge in [0, 0.05) is 12.0 Å². The Hall–Kier alpha value is -1.97. The Bertz CT molecular complexity index is 582. The molecule has 1 aromatic rings. The molecule has 2 rings (SSSR count). The summed E-state index contributed by atoms with van der Waals surface area (Å²) in [4.78, 5) is 12.3. The van der Waals surface area contributed by atoms with Crippen molar-refractivity contribution in [2.45, 2.75) is 83.6 Å². The lowest BCUT2D eigenvalue weighted by Crippen LogP contribution is -2.33. The van der Waals surface area contributed by atoms with E-state index < -0.39 is 0 Å². The average molecular weight is 388 g/mol. The normalized spacial score (nSPS) is 16.0. The Morgan fingerprint density at radius 2 is 1.64 bits per heavy atom. The highest BCUT2D eigenvalue weighted by molar-refractivity contribution is 5.94. The summed E-state index contributed by atoms with van der Waals surface area (Å²) in [6, 6.07) is 7.26. The van der Waals surface area contributed by atoms with Crippen molar-refractivity contribution in [1.29, 1.82) is 0 Å². The zero-order valence-corrected chi connectivity index (χ0v) is 17.5. The summed E-state index contributed by atoms with van der Waals surface area (Å²) in [5.41, 5.74) is 0.631. The number of amides is 1. The lowest BCUT2D eigenvalue weighted by atomic mass is 10.1. The minimum absolute atomic E-state index is 0.0835. The molecule has 28 heavy (non-hydrogen) atoms. The summed E-state index contributed by atoms with van der Waals surface area (Å²) < 4.78 is 11.1. The number of hydrogen-bond donors (Lipinski definition) is 1. The SMILES string of the molecule is C=C1OCC[C@H]1NC(=O)c1ccc(OCCCCCCCCCCCC)cc1. The van der Waals surface area contributed by atoms with Gasteiger partial charge in [-0.25, -0.2) is 0 Å². The maximum atomic E-state index is 12.3. The molecule has 1 amide bonds. The van der Waals surface area contributed by atoms with Crippen LogP contribution in [0.4, 0.5) is 0 Å². The summed E-state index contributed by atoms with van der Waals surface area (Å²) >= 11 is 0. The van der Waals surface area contributed by atoms with Crippen molar-refractivity contribution in [3.05, 3.63) is 42.2 Å². The number of rotatable bonds is 14. The maximum Gasteiger partial charge on any atom is 0.251 e. The van der Waals surface area contributed by atoms with Crippen LogP contribution in [-0.2, 0) is 4.74 Å². The fourth-order valence-electron chi connectivity index (χ4n) is 3.45. The van der Waals surface area contributed by atoms with Gasteiger partial charge in [-0.15, -0.1) is 0 Å². The standard InChI is InChI=1S/C24H37NO3/c1-3-4-5-6-7-8-9-10-11-12-18-28-22-15-13-21(14-16-22)24(26)25-23-17-19-27-20(23)2/h13-16,23H,2-12,17-19H2,1H3,(H,25,26)/t23-/m1/s1. The molecule has 0 spiro atoms. The van der Waals surface area contributed by atoms with Crippen molar-refractivity contribution in [2.75, 3.05) is 13.2 Å². The molecule has 0 unspecified atom stereocenters. The van der Waals surface area contributed by atoms with Gasteiger partial charge in [0.15, 0.2) is 0 Å². The van der Waals surface area contributed by atoms with Gasteiger partial charge in [-0.3, -0.25) is 4.79 Å². The molecule has 0 radical (unpaired) electrons. The minimum atomic E-state index is -0.0992. The Morgan fingerprint density at radius 3 is 2.21 bits per heavy atom. The molecule has 156 valence electrons. The third-order valence-corrected chi connectivity index (χ3v) is 5.27. The van der Waals surface area contributed by atoms with Crippen LogP contribution < -0.4 is 10.1 Å². The summed E-state index contributed by atoms with van der Waals surface area (Å²) in [6.07, 6.45) is 14.0. The average Bonchev–Trinajstić information content (AvgIpc) is 3.11. The van der Waals surface area contributed by atoms with E-state index in [-0.39, 0.29) is 11.9 Å². The number of hydrogen-bond acceptors (Lipinski definition) is 3. The minimum Gasteiger partial charge on any atom is -0.496 e. The molecule has 4 heteroatoms. The first-order valence-electron chi connectivity index (χ1n) is 11.1. The molecule has 0 aliphatic carbocycles. The second-order valence-corrected chi connectivity index (χ2v) is 7.68. The van der Waals surface area contributed by atoms with Gasteiger partial charge in [-0.05, 0) is 30.7 Å². The lowest BCUT2D eigenvalue weighted by Gasteiger charge is -2.12. The zero-order chi connectivity index (χ0) is 20.0. The van der Waals surface area contributed by atoms with Gasteiger partial charge < -0.3 is 14.8 Å². The molecule has 1 N–H and O–H groups in total. The van der Waals surface area contributed by atoms with Crippen LogP contribution >= 0.6 is 0 Å². The highest BCUT2D eigenvalue weighted by atomic mass is 16.5. The molecule has 4 nitrogen and oxygen atoms in total. The van der Waals surface area contributed by atoms with Crippen molar-refractivity contribution in [2.24, 2.45) is 0 Å². The van der Waals surface area contributed by atoms with E-state index in [9.17, 15) is 4.79 Å². The quantitative estimate of drug-likeness (QED) is 0.397. The van der Waals surface area contributed by atoms with Gasteiger partial charge in [0.25, 0.3) is 5.91 Å². The lowest BCUT2D eigenvalue weighted by molar-refractivity contribution is 0.0941. The molecular formula is C24H37NO3. The van der Waals surface area contributed by atoms with Crippen LogP contribution in [0.2, 0.25) is 0 Å². The predicted octanol–water partition coefficient (Wildman–Crippen LogP) is 6.02. The maximum absolute atomic E-state index is 12.3. The van der Waals surface area contributed by atoms with E-state index in [1.807, 2.05) is 24.3 Å². The summed E-state index contributed by atoms with van der Waals surface area (Å²) in [5.74, 6) is 1.36. The van der Waals surface area contributed by atoms with Crippen LogP contribution in [0.1, 0.15) is 87.9 Å². The molecule has 1 atom stereocenters. The first kappa shape index (κ1) is 22.3. The molecule has 1 aromatic carbocycles. The fraction of sp³-hybridized carbons (Fsp3) is 0.625. The van der Waals surface area contributed by atoms with E-state index >= 15 is 0 Å². The molecule has 0 aromatic heterocycles. The monoisotopic (exact) mass is 387 g/mol. The van der Waals surface area contributed by atoms with Crippen LogP contribution in [0.15, 0.2) is 36.6 Å². The van der Waals surface area contributed by atoms with Crippen LogP contribution in [0, 0.1) is 0 Å². The zero-order valence-electron chi connectivity index (χ0n) is 17.5. The van der Waals surface area contributed by atoms with Crippen LogP contribution in [0.5, 0.6) is 5.75 Å². The molecule has 1 saturated heterocycles. The molecule has 0 saturated carbocycles. The smallest absolute Gasteiger partial charge is 0.251 e. The van der Waals surface area contributed by atoms with Gasteiger partial charge >= 0.3 is 0 Å². The number of carbonyl (C=O) groups is 1. The Kier molecular flexibility index (Phi) is 10.6. The fourth-order valence-corrected chi connectivity index (χ4v) is 3.45. The largest absolute Gasteiger partial charge is 0.496 e. The highest BCUT2D eigenvalue weighted by Gasteiger charge is 2.22. The molecule has 0 bridgehead atoms. The predicted molar refractivity (Wildman–Crippen MR) is 115 cm³/mol. The first-order chi connectivity index (χ1) is 13.7. The van der Waals surface area contributed by atoms with Gasteiger partial charge in [0.1, 0.15) is 11.5 Å². The van der Waals surface area contributed by atoms with Gasteiger partial charge in [-0.1, -0.05) is 71.3 Å². The van der Waals surface area contributed by atoms with E-state index in [0.717, 1.165) is 25.2 Å². The van der Waals surface area contributed by atoms with E-state index in [0.29, 0.717) is 17.9 Å². The van der Waals surface area contributed by atoms with E-state index in [2.05, 4.69) is 18.8 Å². The number of ether oxygens (including phenoxy) is 2. The van der Waals surface area contributed by atoms with Crippen molar-refractivity contribution in [3.63, 3.8) is 0 Å². The molecular weight excluding hydrogens is 350 g/mol. The molecule has 1 heterocycles. The molecule has 1 aliphatic heterocycles. The Morgan fingerprint density at radius 1 is 1.04 bits per heavy atom. The number of benzene rings is 1.